The van der Waals surface area contributed by atoms with E-state index in [4.69, 9.17) is 4.74 Å². The second-order valence-electron chi connectivity index (χ2n) is 8.64. The Morgan fingerprint density at radius 2 is 1.80 bits per heavy atom. The van der Waals surface area contributed by atoms with Gasteiger partial charge in [0, 0.05) is 45.3 Å². The topological polar surface area (TPSA) is 58.6 Å². The van der Waals surface area contributed by atoms with Gasteiger partial charge < -0.3 is 15.0 Å². The lowest BCUT2D eigenvalue weighted by molar-refractivity contribution is -0.134. The van der Waals surface area contributed by atoms with Crippen LogP contribution in [0.5, 0.6) is 5.75 Å². The summed E-state index contributed by atoms with van der Waals surface area (Å²) in [4.78, 5) is 26.9. The summed E-state index contributed by atoms with van der Waals surface area (Å²) in [6.45, 7) is 3.44. The minimum atomic E-state index is -0.298. The van der Waals surface area contributed by atoms with Crippen LogP contribution in [-0.2, 0) is 16.0 Å². The van der Waals surface area contributed by atoms with Crippen LogP contribution in [0.4, 0.5) is 0 Å². The number of carbonyl (C=O) groups is 2. The number of hydrogen-bond acceptors (Lipinski definition) is 3. The van der Waals surface area contributed by atoms with Crippen molar-refractivity contribution in [1.29, 1.82) is 0 Å². The van der Waals surface area contributed by atoms with Gasteiger partial charge in [-0.2, -0.15) is 0 Å². The molecular formula is C25H30N2O3. The number of para-hydroxylation sites is 1. The van der Waals surface area contributed by atoms with Crippen LogP contribution in [0.15, 0.2) is 48.5 Å². The Bertz CT molecular complexity index is 914. The maximum atomic E-state index is 12.8. The van der Waals surface area contributed by atoms with E-state index in [1.54, 1.807) is 7.05 Å². The summed E-state index contributed by atoms with van der Waals surface area (Å²) in [5, 5.41) is 2.75. The summed E-state index contributed by atoms with van der Waals surface area (Å²) in [6.07, 6.45) is 3.32. The van der Waals surface area contributed by atoms with E-state index in [1.165, 1.54) is 5.56 Å². The normalized spacial score (nSPS) is 19.7. The third-order valence-corrected chi connectivity index (χ3v) is 6.52. The highest BCUT2D eigenvalue weighted by atomic mass is 16.5. The highest BCUT2D eigenvalue weighted by Crippen LogP contribution is 2.46. The molecule has 1 N–H and O–H groups in total. The molecule has 0 bridgehead atoms. The molecule has 2 amide bonds. The van der Waals surface area contributed by atoms with Crippen LogP contribution in [0.2, 0.25) is 0 Å². The van der Waals surface area contributed by atoms with E-state index in [2.05, 4.69) is 18.3 Å². The van der Waals surface area contributed by atoms with Gasteiger partial charge in [0.25, 0.3) is 0 Å². The summed E-state index contributed by atoms with van der Waals surface area (Å²) >= 11 is 0. The third-order valence-electron chi connectivity index (χ3n) is 6.52. The van der Waals surface area contributed by atoms with E-state index in [0.717, 1.165) is 36.1 Å². The number of hydrogen-bond donors (Lipinski definition) is 1. The molecule has 2 aromatic carbocycles. The van der Waals surface area contributed by atoms with Crippen molar-refractivity contribution in [3.05, 3.63) is 65.2 Å². The predicted molar refractivity (Wildman–Crippen MR) is 117 cm³/mol. The molecule has 1 atom stereocenters. The van der Waals surface area contributed by atoms with Crippen molar-refractivity contribution in [1.82, 2.24) is 10.2 Å². The molecule has 4 rings (SSSR count). The molecule has 1 fully saturated rings. The number of fused-ring (bicyclic) bond motifs is 1. The molecule has 0 aliphatic carbocycles. The number of likely N-dealkylation sites (tertiary alicyclic amines) is 1. The van der Waals surface area contributed by atoms with E-state index in [1.807, 2.05) is 47.4 Å². The fraction of sp³-hybridized carbons (Fsp3) is 0.440. The standard InChI is InChI=1S/C25H30N2O3/c1-18-7-9-19(10-8-18)15-24(29)27-13-11-25(12-14-27)17-20(16-23(28)26-2)21-5-3-4-6-22(21)30-25/h3-10,20H,11-17H2,1-2H3,(H,26,28). The minimum absolute atomic E-state index is 0.0533. The van der Waals surface area contributed by atoms with Crippen molar-refractivity contribution in [2.45, 2.75) is 50.5 Å². The second kappa shape index (κ2) is 8.50. The molecule has 1 spiro atoms. The largest absolute Gasteiger partial charge is 0.487 e. The third kappa shape index (κ3) is 4.35. The lowest BCUT2D eigenvalue weighted by atomic mass is 9.76. The first-order chi connectivity index (χ1) is 14.5. The van der Waals surface area contributed by atoms with Crippen LogP contribution in [0.25, 0.3) is 0 Å². The number of amides is 2. The monoisotopic (exact) mass is 406 g/mol. The zero-order chi connectivity index (χ0) is 21.1. The lowest BCUT2D eigenvalue weighted by Crippen LogP contribution is -2.52. The summed E-state index contributed by atoms with van der Waals surface area (Å²) in [6, 6.07) is 16.2. The molecule has 2 aliphatic rings. The number of ether oxygens (including phenoxy) is 1. The lowest BCUT2D eigenvalue weighted by Gasteiger charge is -2.47. The zero-order valence-corrected chi connectivity index (χ0v) is 17.8. The predicted octanol–water partition coefficient (Wildman–Crippen LogP) is 3.60. The number of rotatable bonds is 4. The molecule has 0 radical (unpaired) electrons. The van der Waals surface area contributed by atoms with E-state index in [9.17, 15) is 9.59 Å². The average Bonchev–Trinajstić information content (AvgIpc) is 2.75. The van der Waals surface area contributed by atoms with Gasteiger partial charge in [0.05, 0.1) is 6.42 Å². The van der Waals surface area contributed by atoms with Crippen LogP contribution in [0, 0.1) is 6.92 Å². The summed E-state index contributed by atoms with van der Waals surface area (Å²) in [7, 11) is 1.68. The van der Waals surface area contributed by atoms with Gasteiger partial charge in [-0.25, -0.2) is 0 Å². The van der Waals surface area contributed by atoms with Crippen molar-refractivity contribution in [2.24, 2.45) is 0 Å². The summed E-state index contributed by atoms with van der Waals surface area (Å²) < 4.78 is 6.50. The van der Waals surface area contributed by atoms with Crippen molar-refractivity contribution >= 4 is 11.8 Å². The van der Waals surface area contributed by atoms with E-state index in [-0.39, 0.29) is 23.3 Å². The first kappa shape index (κ1) is 20.5. The Morgan fingerprint density at radius 1 is 1.10 bits per heavy atom. The maximum Gasteiger partial charge on any atom is 0.226 e. The Morgan fingerprint density at radius 3 is 2.50 bits per heavy atom. The van der Waals surface area contributed by atoms with Crippen molar-refractivity contribution in [3.8, 4) is 5.75 Å². The fourth-order valence-corrected chi connectivity index (χ4v) is 4.71. The van der Waals surface area contributed by atoms with Crippen LogP contribution >= 0.6 is 0 Å². The van der Waals surface area contributed by atoms with Crippen molar-refractivity contribution < 1.29 is 14.3 Å². The number of carbonyl (C=O) groups excluding carboxylic acids is 2. The first-order valence-corrected chi connectivity index (χ1v) is 10.8. The molecule has 0 saturated carbocycles. The molecule has 1 saturated heterocycles. The molecule has 30 heavy (non-hydrogen) atoms. The van der Waals surface area contributed by atoms with Gasteiger partial charge in [-0.1, -0.05) is 48.0 Å². The number of nitrogens with one attached hydrogen (secondary N) is 1. The van der Waals surface area contributed by atoms with Gasteiger partial charge in [0.2, 0.25) is 11.8 Å². The van der Waals surface area contributed by atoms with Gasteiger partial charge in [-0.3, -0.25) is 9.59 Å². The molecule has 5 nitrogen and oxygen atoms in total. The first-order valence-electron chi connectivity index (χ1n) is 10.8. The molecule has 2 aromatic rings. The Hall–Kier alpha value is -2.82. The fourth-order valence-electron chi connectivity index (χ4n) is 4.71. The molecule has 0 aromatic heterocycles. The van der Waals surface area contributed by atoms with Gasteiger partial charge in [-0.05, 0) is 30.5 Å². The van der Waals surface area contributed by atoms with Crippen molar-refractivity contribution in [2.75, 3.05) is 20.1 Å². The molecule has 1 unspecified atom stereocenters. The van der Waals surface area contributed by atoms with Gasteiger partial charge in [0.15, 0.2) is 0 Å². The molecule has 158 valence electrons. The molecule has 2 heterocycles. The Kier molecular flexibility index (Phi) is 5.80. The highest BCUT2D eigenvalue weighted by molar-refractivity contribution is 5.79. The van der Waals surface area contributed by atoms with Crippen LogP contribution in [0.1, 0.15) is 48.3 Å². The zero-order valence-electron chi connectivity index (χ0n) is 17.8. The SMILES string of the molecule is CNC(=O)CC1CC2(CCN(C(=O)Cc3ccc(C)cc3)CC2)Oc2ccccc21. The van der Waals surface area contributed by atoms with Gasteiger partial charge in [0.1, 0.15) is 11.4 Å². The smallest absolute Gasteiger partial charge is 0.226 e. The molecule has 5 heteroatoms. The average molecular weight is 407 g/mol. The Balaban J connectivity index is 1.43. The van der Waals surface area contributed by atoms with E-state index < -0.39 is 0 Å². The van der Waals surface area contributed by atoms with Crippen LogP contribution in [0.3, 0.4) is 0 Å². The highest BCUT2D eigenvalue weighted by Gasteiger charge is 2.44. The second-order valence-corrected chi connectivity index (χ2v) is 8.64. The van der Waals surface area contributed by atoms with Crippen molar-refractivity contribution in [3.63, 3.8) is 0 Å². The van der Waals surface area contributed by atoms with Crippen LogP contribution < -0.4 is 10.1 Å². The minimum Gasteiger partial charge on any atom is -0.487 e. The maximum absolute atomic E-state index is 12.8. The Labute approximate surface area is 178 Å². The van der Waals surface area contributed by atoms with Gasteiger partial charge in [-0.15, -0.1) is 0 Å². The quantitative estimate of drug-likeness (QED) is 0.844. The number of nitrogens with zero attached hydrogens (tertiary/aromatic N) is 1. The molecule has 2 aliphatic heterocycles. The number of piperidine rings is 1. The number of aryl methyl sites for hydroxylation is 1. The molecular weight excluding hydrogens is 376 g/mol. The summed E-state index contributed by atoms with van der Waals surface area (Å²) in [5.74, 6) is 1.26. The van der Waals surface area contributed by atoms with Crippen LogP contribution in [-0.4, -0.2) is 42.5 Å². The van der Waals surface area contributed by atoms with E-state index in [0.29, 0.717) is 25.9 Å². The number of benzene rings is 2. The summed E-state index contributed by atoms with van der Waals surface area (Å²) in [5.41, 5.74) is 3.07. The van der Waals surface area contributed by atoms with Gasteiger partial charge >= 0.3 is 0 Å². The van der Waals surface area contributed by atoms with E-state index >= 15 is 0 Å².